The van der Waals surface area contributed by atoms with Gasteiger partial charge >= 0.3 is 0 Å². The van der Waals surface area contributed by atoms with Crippen molar-refractivity contribution in [3.05, 3.63) is 30.3 Å². The fraction of sp³-hybridized carbons (Fsp3) is 0.462. The first-order valence-corrected chi connectivity index (χ1v) is 7.20. The number of aliphatic imine (C=N–C) groups is 1. The van der Waals surface area contributed by atoms with E-state index >= 15 is 0 Å². The van der Waals surface area contributed by atoms with E-state index in [-0.39, 0.29) is 0 Å². The van der Waals surface area contributed by atoms with Gasteiger partial charge in [-0.1, -0.05) is 18.2 Å². The van der Waals surface area contributed by atoms with Gasteiger partial charge in [-0.15, -0.1) is 0 Å². The largest absolute Gasteiger partial charge is 0.370 e. The van der Waals surface area contributed by atoms with Crippen LogP contribution in [0.1, 0.15) is 12.8 Å². The predicted octanol–water partition coefficient (Wildman–Crippen LogP) is 2.56. The van der Waals surface area contributed by atoms with Gasteiger partial charge in [-0.25, -0.2) is 0 Å². The lowest BCUT2D eigenvalue weighted by Crippen LogP contribution is -2.24. The number of para-hydroxylation sites is 1. The van der Waals surface area contributed by atoms with Crippen LogP contribution in [0.5, 0.6) is 0 Å². The van der Waals surface area contributed by atoms with Crippen molar-refractivity contribution in [1.82, 2.24) is 0 Å². The van der Waals surface area contributed by atoms with Gasteiger partial charge in [0.15, 0.2) is 5.96 Å². The van der Waals surface area contributed by atoms with E-state index in [0.717, 1.165) is 12.2 Å². The Bertz CT molecular complexity index is 358. The van der Waals surface area contributed by atoms with Gasteiger partial charge in [0, 0.05) is 12.2 Å². The fourth-order valence-electron chi connectivity index (χ4n) is 1.89. The van der Waals surface area contributed by atoms with Crippen molar-refractivity contribution in [3.8, 4) is 0 Å². The minimum atomic E-state index is 0.520. The summed E-state index contributed by atoms with van der Waals surface area (Å²) >= 11 is 2.03. The molecule has 4 heteroatoms. The van der Waals surface area contributed by atoms with Gasteiger partial charge < -0.3 is 11.1 Å². The van der Waals surface area contributed by atoms with Gasteiger partial charge in [-0.3, -0.25) is 4.99 Å². The van der Waals surface area contributed by atoms with Gasteiger partial charge in [-0.05, 0) is 42.4 Å². The summed E-state index contributed by atoms with van der Waals surface area (Å²) in [4.78, 5) is 4.41. The number of nitrogens with two attached hydrogens (primary N) is 1. The molecule has 1 aliphatic heterocycles. The van der Waals surface area contributed by atoms with Crippen LogP contribution in [0.2, 0.25) is 0 Å². The molecular formula is C13H19N3S. The number of nitrogens with zero attached hydrogens (tertiary/aromatic N) is 1. The average Bonchev–Trinajstić information content (AvgIpc) is 2.39. The van der Waals surface area contributed by atoms with Crippen LogP contribution in [-0.2, 0) is 0 Å². The maximum atomic E-state index is 5.85. The van der Waals surface area contributed by atoms with Crippen LogP contribution in [0.4, 0.5) is 5.69 Å². The Kier molecular flexibility index (Phi) is 4.74. The summed E-state index contributed by atoms with van der Waals surface area (Å²) in [5, 5.41) is 3.10. The lowest BCUT2D eigenvalue weighted by molar-refractivity contribution is 0.535. The van der Waals surface area contributed by atoms with Crippen molar-refractivity contribution >= 4 is 23.4 Å². The van der Waals surface area contributed by atoms with Crippen molar-refractivity contribution in [2.24, 2.45) is 16.6 Å². The number of hydrogen-bond acceptors (Lipinski definition) is 2. The van der Waals surface area contributed by atoms with Gasteiger partial charge in [0.05, 0.1) is 0 Å². The molecule has 1 aromatic rings. The van der Waals surface area contributed by atoms with Crippen molar-refractivity contribution in [2.45, 2.75) is 12.8 Å². The minimum absolute atomic E-state index is 0.520. The Balaban J connectivity index is 1.80. The average molecular weight is 249 g/mol. The first-order valence-electron chi connectivity index (χ1n) is 6.04. The maximum absolute atomic E-state index is 5.85. The molecule has 1 atom stereocenters. The third-order valence-electron chi connectivity index (χ3n) is 2.82. The summed E-state index contributed by atoms with van der Waals surface area (Å²) in [5.41, 5.74) is 6.85. The molecule has 0 spiro atoms. The summed E-state index contributed by atoms with van der Waals surface area (Å²) < 4.78 is 0. The highest BCUT2D eigenvalue weighted by molar-refractivity contribution is 7.99. The standard InChI is InChI=1S/C13H19N3S/c14-13(16-12-6-2-1-3-7-12)15-9-11-5-4-8-17-10-11/h1-3,6-7,11H,4-5,8-10H2,(H3,14,15,16). The van der Waals surface area contributed by atoms with Crippen LogP contribution in [0, 0.1) is 5.92 Å². The normalized spacial score (nSPS) is 21.2. The van der Waals surface area contributed by atoms with E-state index < -0.39 is 0 Å². The summed E-state index contributed by atoms with van der Waals surface area (Å²) in [6.45, 7) is 0.846. The fourth-order valence-corrected chi connectivity index (χ4v) is 3.03. The van der Waals surface area contributed by atoms with E-state index in [2.05, 4.69) is 10.3 Å². The topological polar surface area (TPSA) is 50.4 Å². The summed E-state index contributed by atoms with van der Waals surface area (Å²) in [7, 11) is 0. The number of anilines is 1. The molecule has 1 aromatic carbocycles. The highest BCUT2D eigenvalue weighted by atomic mass is 32.2. The highest BCUT2D eigenvalue weighted by Crippen LogP contribution is 2.22. The zero-order chi connectivity index (χ0) is 11.9. The summed E-state index contributed by atoms with van der Waals surface area (Å²) in [6.07, 6.45) is 2.60. The quantitative estimate of drug-likeness (QED) is 0.639. The summed E-state index contributed by atoms with van der Waals surface area (Å²) in [6, 6.07) is 9.91. The van der Waals surface area contributed by atoms with Gasteiger partial charge in [0.2, 0.25) is 0 Å². The van der Waals surface area contributed by atoms with Crippen LogP contribution in [-0.4, -0.2) is 24.0 Å². The maximum Gasteiger partial charge on any atom is 0.193 e. The van der Waals surface area contributed by atoms with E-state index in [0.29, 0.717) is 11.9 Å². The molecule has 1 saturated heterocycles. The van der Waals surface area contributed by atoms with Crippen molar-refractivity contribution in [3.63, 3.8) is 0 Å². The monoisotopic (exact) mass is 249 g/mol. The molecule has 1 aliphatic rings. The molecule has 1 unspecified atom stereocenters. The number of thioether (sulfide) groups is 1. The molecule has 0 bridgehead atoms. The lowest BCUT2D eigenvalue weighted by atomic mass is 10.1. The van der Waals surface area contributed by atoms with Crippen LogP contribution >= 0.6 is 11.8 Å². The minimum Gasteiger partial charge on any atom is -0.370 e. The summed E-state index contributed by atoms with van der Waals surface area (Å²) in [5.74, 6) is 3.75. The first-order chi connectivity index (χ1) is 8.34. The number of nitrogens with one attached hydrogen (secondary N) is 1. The second kappa shape index (κ2) is 6.55. The Hall–Kier alpha value is -1.16. The van der Waals surface area contributed by atoms with Crippen molar-refractivity contribution in [2.75, 3.05) is 23.4 Å². The molecule has 0 saturated carbocycles. The molecule has 0 aromatic heterocycles. The van der Waals surface area contributed by atoms with E-state index in [1.807, 2.05) is 42.1 Å². The van der Waals surface area contributed by atoms with Crippen LogP contribution in [0.15, 0.2) is 35.3 Å². The molecule has 3 nitrogen and oxygen atoms in total. The van der Waals surface area contributed by atoms with Gasteiger partial charge in [0.1, 0.15) is 0 Å². The third-order valence-corrected chi connectivity index (χ3v) is 4.11. The second-order valence-electron chi connectivity index (χ2n) is 4.30. The van der Waals surface area contributed by atoms with E-state index in [1.54, 1.807) is 0 Å². The number of hydrogen-bond donors (Lipinski definition) is 2. The molecule has 0 amide bonds. The molecular weight excluding hydrogens is 230 g/mol. The molecule has 17 heavy (non-hydrogen) atoms. The number of rotatable bonds is 3. The van der Waals surface area contributed by atoms with Gasteiger partial charge in [0.25, 0.3) is 0 Å². The lowest BCUT2D eigenvalue weighted by Gasteiger charge is -2.19. The van der Waals surface area contributed by atoms with Crippen molar-refractivity contribution in [1.29, 1.82) is 0 Å². The first kappa shape index (κ1) is 12.3. The molecule has 1 fully saturated rings. The van der Waals surface area contributed by atoms with Crippen molar-refractivity contribution < 1.29 is 0 Å². The smallest absolute Gasteiger partial charge is 0.193 e. The Morgan fingerprint density at radius 2 is 2.24 bits per heavy atom. The SMILES string of the molecule is NC(=NCC1CCCSC1)Nc1ccccc1. The van der Waals surface area contributed by atoms with Crippen LogP contribution in [0.3, 0.4) is 0 Å². The zero-order valence-electron chi connectivity index (χ0n) is 9.93. The molecule has 0 radical (unpaired) electrons. The van der Waals surface area contributed by atoms with Gasteiger partial charge in [-0.2, -0.15) is 11.8 Å². The van der Waals surface area contributed by atoms with E-state index in [1.165, 1.54) is 24.3 Å². The van der Waals surface area contributed by atoms with E-state index in [9.17, 15) is 0 Å². The number of guanidine groups is 1. The van der Waals surface area contributed by atoms with E-state index in [4.69, 9.17) is 5.73 Å². The second-order valence-corrected chi connectivity index (χ2v) is 5.45. The predicted molar refractivity (Wildman–Crippen MR) is 76.6 cm³/mol. The molecule has 0 aliphatic carbocycles. The molecule has 2 rings (SSSR count). The molecule has 3 N–H and O–H groups in total. The number of benzene rings is 1. The highest BCUT2D eigenvalue weighted by Gasteiger charge is 2.12. The molecule has 1 heterocycles. The Morgan fingerprint density at radius 3 is 2.94 bits per heavy atom. The zero-order valence-corrected chi connectivity index (χ0v) is 10.7. The van der Waals surface area contributed by atoms with Crippen LogP contribution in [0.25, 0.3) is 0 Å². The third kappa shape index (κ3) is 4.30. The Labute approximate surface area is 107 Å². The van der Waals surface area contributed by atoms with Crippen LogP contribution < -0.4 is 11.1 Å². The molecule has 92 valence electrons. The Morgan fingerprint density at radius 1 is 1.41 bits per heavy atom.